The molecule has 0 aromatic rings. The molecule has 0 aromatic carbocycles. The number of halogens is 1. The molecular weight excluding hydrogens is 286 g/mol. The second-order valence-corrected chi connectivity index (χ2v) is 5.51. The third-order valence-electron chi connectivity index (χ3n) is 3.28. The van der Waals surface area contributed by atoms with Gasteiger partial charge in [-0.25, -0.2) is 0 Å². The predicted octanol–water partition coefficient (Wildman–Crippen LogP) is 1.57. The van der Waals surface area contributed by atoms with Crippen molar-refractivity contribution in [3.05, 3.63) is 0 Å². The number of carbonyl (C=O) groups excluding carboxylic acids is 1. The number of amides is 1. The first-order valence-corrected chi connectivity index (χ1v) is 7.42. The van der Waals surface area contributed by atoms with Crippen LogP contribution in [-0.2, 0) is 14.3 Å². The Kier molecular flexibility index (Phi) is 4.82. The molecule has 0 saturated carbocycles. The quantitative estimate of drug-likeness (QED) is 0.743. The maximum absolute atomic E-state index is 12.1. The predicted molar refractivity (Wildman–Crippen MR) is 68.3 cm³/mol. The number of morpholine rings is 1. The van der Waals surface area contributed by atoms with E-state index >= 15 is 0 Å². The van der Waals surface area contributed by atoms with Crippen molar-refractivity contribution in [2.45, 2.75) is 44.5 Å². The summed E-state index contributed by atoms with van der Waals surface area (Å²) in [7, 11) is 0. The summed E-state index contributed by atoms with van der Waals surface area (Å²) in [5.41, 5.74) is 0. The van der Waals surface area contributed by atoms with Crippen LogP contribution in [0.1, 0.15) is 26.2 Å². The van der Waals surface area contributed by atoms with Gasteiger partial charge in [0.1, 0.15) is 0 Å². The Bertz CT molecular complexity index is 268. The summed E-state index contributed by atoms with van der Waals surface area (Å²) in [6, 6.07) is 0. The van der Waals surface area contributed by atoms with Gasteiger partial charge in [0.05, 0.1) is 24.7 Å². The molecule has 5 heteroatoms. The van der Waals surface area contributed by atoms with Gasteiger partial charge in [-0.15, -0.1) is 0 Å². The van der Waals surface area contributed by atoms with Gasteiger partial charge >= 0.3 is 0 Å². The first-order valence-electron chi connectivity index (χ1n) is 6.30. The number of hydrogen-bond acceptors (Lipinski definition) is 3. The number of hydrogen-bond donors (Lipinski definition) is 0. The first-order chi connectivity index (χ1) is 8.19. The number of ether oxygens (including phenoxy) is 2. The zero-order valence-electron chi connectivity index (χ0n) is 10.2. The number of nitrogens with zero attached hydrogens (tertiary/aromatic N) is 1. The molecule has 1 amide bonds. The number of rotatable bonds is 3. The average Bonchev–Trinajstić information content (AvgIpc) is 2.81. The van der Waals surface area contributed by atoms with Crippen molar-refractivity contribution in [3.8, 4) is 0 Å². The van der Waals surface area contributed by atoms with Crippen molar-refractivity contribution in [3.63, 3.8) is 0 Å². The van der Waals surface area contributed by atoms with Gasteiger partial charge in [-0.1, -0.05) is 15.9 Å². The average molecular weight is 306 g/mol. The number of carbonyl (C=O) groups is 1. The fraction of sp³-hybridized carbons (Fsp3) is 0.917. The molecule has 0 aromatic heterocycles. The van der Waals surface area contributed by atoms with E-state index in [-0.39, 0.29) is 24.2 Å². The zero-order chi connectivity index (χ0) is 12.3. The summed E-state index contributed by atoms with van der Waals surface area (Å²) in [5, 5.41) is 0.779. The van der Waals surface area contributed by atoms with Crippen LogP contribution in [0.2, 0.25) is 0 Å². The van der Waals surface area contributed by atoms with Crippen LogP contribution in [0.5, 0.6) is 0 Å². The summed E-state index contributed by atoms with van der Waals surface area (Å²) in [6.45, 7) is 4.22. The highest BCUT2D eigenvalue weighted by atomic mass is 79.9. The molecule has 2 aliphatic heterocycles. The van der Waals surface area contributed by atoms with Crippen LogP contribution in [0.15, 0.2) is 0 Å². The SMILES string of the molecule is CC1CN(C(=O)CC2CCCO2)CC(CBr)O1. The molecule has 2 rings (SSSR count). The van der Waals surface area contributed by atoms with Gasteiger partial charge in [-0.2, -0.15) is 0 Å². The Morgan fingerprint density at radius 3 is 2.88 bits per heavy atom. The van der Waals surface area contributed by atoms with Crippen LogP contribution in [0.4, 0.5) is 0 Å². The van der Waals surface area contributed by atoms with Gasteiger partial charge in [-0.3, -0.25) is 4.79 Å². The van der Waals surface area contributed by atoms with Crippen LogP contribution in [-0.4, -0.2) is 54.1 Å². The van der Waals surface area contributed by atoms with Crippen molar-refractivity contribution in [2.24, 2.45) is 0 Å². The van der Waals surface area contributed by atoms with Crippen molar-refractivity contribution in [2.75, 3.05) is 25.0 Å². The molecule has 98 valence electrons. The molecule has 4 nitrogen and oxygen atoms in total. The maximum atomic E-state index is 12.1. The van der Waals surface area contributed by atoms with Gasteiger partial charge < -0.3 is 14.4 Å². The van der Waals surface area contributed by atoms with Crippen molar-refractivity contribution in [1.82, 2.24) is 4.90 Å². The van der Waals surface area contributed by atoms with Crippen LogP contribution >= 0.6 is 15.9 Å². The van der Waals surface area contributed by atoms with E-state index in [2.05, 4.69) is 15.9 Å². The molecule has 0 spiro atoms. The van der Waals surface area contributed by atoms with Gasteiger partial charge in [0.15, 0.2) is 0 Å². The van der Waals surface area contributed by atoms with E-state index in [0.717, 1.165) is 24.8 Å². The van der Waals surface area contributed by atoms with Gasteiger partial charge in [0, 0.05) is 25.0 Å². The van der Waals surface area contributed by atoms with E-state index < -0.39 is 0 Å². The Balaban J connectivity index is 1.84. The lowest BCUT2D eigenvalue weighted by molar-refractivity contribution is -0.144. The molecule has 2 saturated heterocycles. The second-order valence-electron chi connectivity index (χ2n) is 4.86. The summed E-state index contributed by atoms with van der Waals surface area (Å²) in [4.78, 5) is 14.1. The molecule has 3 unspecified atom stereocenters. The van der Waals surface area contributed by atoms with E-state index in [0.29, 0.717) is 19.5 Å². The van der Waals surface area contributed by atoms with Crippen LogP contribution < -0.4 is 0 Å². The molecule has 3 atom stereocenters. The summed E-state index contributed by atoms with van der Waals surface area (Å²) in [5.74, 6) is 0.206. The van der Waals surface area contributed by atoms with Gasteiger partial charge in [0.2, 0.25) is 5.91 Å². The van der Waals surface area contributed by atoms with Gasteiger partial charge in [-0.05, 0) is 19.8 Å². The molecule has 0 radical (unpaired) electrons. The first kappa shape index (κ1) is 13.3. The Morgan fingerprint density at radius 1 is 1.41 bits per heavy atom. The van der Waals surface area contributed by atoms with E-state index in [9.17, 15) is 4.79 Å². The monoisotopic (exact) mass is 305 g/mol. The largest absolute Gasteiger partial charge is 0.378 e. The standard InChI is InChI=1S/C12H20BrNO3/c1-9-7-14(8-11(6-13)17-9)12(15)5-10-3-2-4-16-10/h9-11H,2-8H2,1H3. The fourth-order valence-corrected chi connectivity index (χ4v) is 2.82. The van der Waals surface area contributed by atoms with Crippen LogP contribution in [0, 0.1) is 0 Å². The van der Waals surface area contributed by atoms with Crippen molar-refractivity contribution >= 4 is 21.8 Å². The molecular formula is C12H20BrNO3. The highest BCUT2D eigenvalue weighted by Crippen LogP contribution is 2.19. The van der Waals surface area contributed by atoms with E-state index in [1.807, 2.05) is 11.8 Å². The molecule has 0 N–H and O–H groups in total. The molecule has 2 fully saturated rings. The lowest BCUT2D eigenvalue weighted by atomic mass is 10.1. The minimum absolute atomic E-state index is 0.118. The van der Waals surface area contributed by atoms with Crippen LogP contribution in [0.3, 0.4) is 0 Å². The molecule has 0 bridgehead atoms. The normalized spacial score (nSPS) is 34.0. The fourth-order valence-electron chi connectivity index (χ4n) is 2.46. The summed E-state index contributed by atoms with van der Waals surface area (Å²) >= 11 is 3.42. The van der Waals surface area contributed by atoms with Crippen LogP contribution in [0.25, 0.3) is 0 Å². The highest BCUT2D eigenvalue weighted by molar-refractivity contribution is 9.09. The minimum atomic E-state index is 0.118. The van der Waals surface area contributed by atoms with Crippen molar-refractivity contribution in [1.29, 1.82) is 0 Å². The highest BCUT2D eigenvalue weighted by Gasteiger charge is 2.29. The third kappa shape index (κ3) is 3.66. The minimum Gasteiger partial charge on any atom is -0.378 e. The summed E-state index contributed by atoms with van der Waals surface area (Å²) in [6.07, 6.45) is 3.02. The Labute approximate surface area is 111 Å². The molecule has 0 aliphatic carbocycles. The lowest BCUT2D eigenvalue weighted by Crippen LogP contribution is -2.50. The smallest absolute Gasteiger partial charge is 0.225 e. The Hall–Kier alpha value is -0.130. The number of alkyl halides is 1. The molecule has 2 aliphatic rings. The lowest BCUT2D eigenvalue weighted by Gasteiger charge is -2.36. The van der Waals surface area contributed by atoms with Gasteiger partial charge in [0.25, 0.3) is 0 Å². The second kappa shape index (κ2) is 6.16. The zero-order valence-corrected chi connectivity index (χ0v) is 11.8. The third-order valence-corrected chi connectivity index (χ3v) is 4.00. The maximum Gasteiger partial charge on any atom is 0.225 e. The molecule has 17 heavy (non-hydrogen) atoms. The van der Waals surface area contributed by atoms with Crippen molar-refractivity contribution < 1.29 is 14.3 Å². The van der Waals surface area contributed by atoms with E-state index in [4.69, 9.17) is 9.47 Å². The Morgan fingerprint density at radius 2 is 2.24 bits per heavy atom. The molecule has 2 heterocycles. The summed E-state index contributed by atoms with van der Waals surface area (Å²) < 4.78 is 11.2. The van der Waals surface area contributed by atoms with E-state index in [1.54, 1.807) is 0 Å². The topological polar surface area (TPSA) is 38.8 Å². The van der Waals surface area contributed by atoms with E-state index in [1.165, 1.54) is 0 Å².